The highest BCUT2D eigenvalue weighted by Crippen LogP contribution is 2.26. The topological polar surface area (TPSA) is 38.3 Å². The van der Waals surface area contributed by atoms with E-state index < -0.39 is 11.7 Å². The molecule has 0 heterocycles. The van der Waals surface area contributed by atoms with E-state index in [0.717, 1.165) is 16.1 Å². The minimum atomic E-state index is -0.477. The molecule has 0 aliphatic rings. The molecule has 1 N–H and O–H groups in total. The van der Waals surface area contributed by atoms with Gasteiger partial charge in [0, 0.05) is 10.6 Å². The zero-order chi connectivity index (χ0) is 13.1. The minimum absolute atomic E-state index is 0.418. The first-order chi connectivity index (χ1) is 7.83. The molecule has 0 unspecified atom stereocenters. The Bertz CT molecular complexity index is 410. The fourth-order valence-electron chi connectivity index (χ4n) is 1.38. The third-order valence-corrected chi connectivity index (χ3v) is 3.02. The maximum Gasteiger partial charge on any atom is 0.412 e. The summed E-state index contributed by atoms with van der Waals surface area (Å²) < 4.78 is 5.21. The zero-order valence-corrected chi connectivity index (χ0v) is 11.8. The van der Waals surface area contributed by atoms with E-state index in [0.29, 0.717) is 0 Å². The van der Waals surface area contributed by atoms with Gasteiger partial charge in [0.25, 0.3) is 0 Å². The van der Waals surface area contributed by atoms with Crippen LogP contribution < -0.4 is 5.32 Å². The predicted octanol–water partition coefficient (Wildman–Crippen LogP) is 4.06. The lowest BCUT2D eigenvalue weighted by molar-refractivity contribution is 0.0636. The van der Waals surface area contributed by atoms with Crippen molar-refractivity contribution in [2.24, 2.45) is 0 Å². The molecule has 1 amide bonds. The first-order valence-corrected chi connectivity index (χ1v) is 6.69. The Morgan fingerprint density at radius 3 is 2.53 bits per heavy atom. The van der Waals surface area contributed by atoms with Crippen LogP contribution in [0.2, 0.25) is 0 Å². The van der Waals surface area contributed by atoms with Crippen molar-refractivity contribution in [3.05, 3.63) is 23.8 Å². The average molecular weight is 253 g/mol. The summed E-state index contributed by atoms with van der Waals surface area (Å²) in [5.41, 5.74) is 1.38. The largest absolute Gasteiger partial charge is 0.444 e. The number of rotatable bonds is 2. The van der Waals surface area contributed by atoms with E-state index in [-0.39, 0.29) is 0 Å². The molecule has 94 valence electrons. The lowest BCUT2D eigenvalue weighted by Gasteiger charge is -2.20. The third kappa shape index (κ3) is 4.30. The number of ether oxygens (including phenoxy) is 1. The Morgan fingerprint density at radius 1 is 1.35 bits per heavy atom. The van der Waals surface area contributed by atoms with Gasteiger partial charge in [0.2, 0.25) is 0 Å². The van der Waals surface area contributed by atoms with Crippen LogP contribution in [0.4, 0.5) is 10.5 Å². The summed E-state index contributed by atoms with van der Waals surface area (Å²) in [4.78, 5) is 12.8. The second-order valence-electron chi connectivity index (χ2n) is 4.76. The first-order valence-electron chi connectivity index (χ1n) is 5.47. The number of thioether (sulfide) groups is 1. The number of anilines is 1. The molecule has 3 nitrogen and oxygen atoms in total. The molecule has 0 saturated heterocycles. The number of nitrogens with one attached hydrogen (secondary N) is 1. The van der Waals surface area contributed by atoms with Crippen LogP contribution in [0.5, 0.6) is 0 Å². The van der Waals surface area contributed by atoms with Crippen molar-refractivity contribution in [2.45, 2.75) is 38.2 Å². The Hall–Kier alpha value is -1.16. The van der Waals surface area contributed by atoms with Gasteiger partial charge in [-0.3, -0.25) is 5.32 Å². The number of hydrogen-bond donors (Lipinski definition) is 1. The van der Waals surface area contributed by atoms with E-state index in [1.807, 2.05) is 52.1 Å². The maximum absolute atomic E-state index is 11.6. The van der Waals surface area contributed by atoms with E-state index in [4.69, 9.17) is 4.74 Å². The van der Waals surface area contributed by atoms with E-state index >= 15 is 0 Å². The molecule has 0 saturated carbocycles. The van der Waals surface area contributed by atoms with Crippen LogP contribution in [0.1, 0.15) is 26.3 Å². The number of amides is 1. The van der Waals surface area contributed by atoms with Crippen LogP contribution in [-0.2, 0) is 4.74 Å². The Kier molecular flexibility index (Phi) is 4.46. The van der Waals surface area contributed by atoms with Crippen molar-refractivity contribution in [1.29, 1.82) is 0 Å². The first kappa shape index (κ1) is 13.9. The standard InChI is InChI=1S/C13H19NO2S/c1-9-10(7-6-8-11(9)17-5)14-12(15)16-13(2,3)4/h6-8H,1-5H3,(H,14,15). The third-order valence-electron chi connectivity index (χ3n) is 2.14. The predicted molar refractivity (Wildman–Crippen MR) is 72.8 cm³/mol. The second-order valence-corrected chi connectivity index (χ2v) is 5.61. The van der Waals surface area contributed by atoms with Crippen molar-refractivity contribution >= 4 is 23.5 Å². The monoisotopic (exact) mass is 253 g/mol. The van der Waals surface area contributed by atoms with E-state index in [1.54, 1.807) is 11.8 Å². The van der Waals surface area contributed by atoms with Gasteiger partial charge in [-0.2, -0.15) is 0 Å². The summed E-state index contributed by atoms with van der Waals surface area (Å²) in [5, 5.41) is 2.77. The number of hydrogen-bond acceptors (Lipinski definition) is 3. The molecule has 0 atom stereocenters. The van der Waals surface area contributed by atoms with Crippen LogP contribution >= 0.6 is 11.8 Å². The molecular weight excluding hydrogens is 234 g/mol. The lowest BCUT2D eigenvalue weighted by Crippen LogP contribution is -2.27. The van der Waals surface area contributed by atoms with Gasteiger partial charge >= 0.3 is 6.09 Å². The second kappa shape index (κ2) is 5.45. The van der Waals surface area contributed by atoms with Gasteiger partial charge in [-0.15, -0.1) is 11.8 Å². The van der Waals surface area contributed by atoms with Gasteiger partial charge in [0.15, 0.2) is 0 Å². The van der Waals surface area contributed by atoms with E-state index in [2.05, 4.69) is 5.32 Å². The average Bonchev–Trinajstić information content (AvgIpc) is 2.18. The highest BCUT2D eigenvalue weighted by molar-refractivity contribution is 7.98. The highest BCUT2D eigenvalue weighted by atomic mass is 32.2. The Balaban J connectivity index is 2.79. The van der Waals surface area contributed by atoms with Crippen LogP contribution in [0, 0.1) is 6.92 Å². The van der Waals surface area contributed by atoms with Crippen LogP contribution in [0.15, 0.2) is 23.1 Å². The van der Waals surface area contributed by atoms with Gasteiger partial charge in [0.1, 0.15) is 5.60 Å². The summed E-state index contributed by atoms with van der Waals surface area (Å²) in [6.07, 6.45) is 1.60. The van der Waals surface area contributed by atoms with Crippen molar-refractivity contribution in [2.75, 3.05) is 11.6 Å². The lowest BCUT2D eigenvalue weighted by atomic mass is 10.2. The summed E-state index contributed by atoms with van der Waals surface area (Å²) >= 11 is 1.66. The molecule has 0 radical (unpaired) electrons. The quantitative estimate of drug-likeness (QED) is 0.808. The Labute approximate surface area is 107 Å². The van der Waals surface area contributed by atoms with E-state index in [9.17, 15) is 4.79 Å². The molecule has 17 heavy (non-hydrogen) atoms. The minimum Gasteiger partial charge on any atom is -0.444 e. The van der Waals surface area contributed by atoms with Crippen LogP contribution in [-0.4, -0.2) is 18.0 Å². The molecule has 1 rings (SSSR count). The number of benzene rings is 1. The van der Waals surface area contributed by atoms with Crippen LogP contribution in [0.25, 0.3) is 0 Å². The van der Waals surface area contributed by atoms with Crippen molar-refractivity contribution in [1.82, 2.24) is 0 Å². The number of carbonyl (C=O) groups excluding carboxylic acids is 1. The molecular formula is C13H19NO2S. The van der Waals surface area contributed by atoms with Crippen molar-refractivity contribution < 1.29 is 9.53 Å². The summed E-state index contributed by atoms with van der Waals surface area (Å²) in [6, 6.07) is 5.82. The molecule has 1 aromatic carbocycles. The van der Waals surface area contributed by atoms with Gasteiger partial charge in [-0.25, -0.2) is 4.79 Å². The molecule has 0 fully saturated rings. The summed E-state index contributed by atoms with van der Waals surface area (Å²) in [6.45, 7) is 7.52. The summed E-state index contributed by atoms with van der Waals surface area (Å²) in [7, 11) is 0. The van der Waals surface area contributed by atoms with Gasteiger partial charge in [-0.1, -0.05) is 6.07 Å². The smallest absolute Gasteiger partial charge is 0.412 e. The normalized spacial score (nSPS) is 11.1. The molecule has 0 aliphatic carbocycles. The van der Waals surface area contributed by atoms with Gasteiger partial charge in [0.05, 0.1) is 0 Å². The number of carbonyl (C=O) groups is 1. The van der Waals surface area contributed by atoms with Gasteiger partial charge < -0.3 is 4.74 Å². The van der Waals surface area contributed by atoms with Gasteiger partial charge in [-0.05, 0) is 51.6 Å². The molecule has 4 heteroatoms. The molecule has 0 aliphatic heterocycles. The zero-order valence-electron chi connectivity index (χ0n) is 11.0. The summed E-state index contributed by atoms with van der Waals surface area (Å²) in [5.74, 6) is 0. The molecule has 1 aromatic rings. The maximum atomic E-state index is 11.6. The van der Waals surface area contributed by atoms with Crippen LogP contribution in [0.3, 0.4) is 0 Å². The fraction of sp³-hybridized carbons (Fsp3) is 0.462. The SMILES string of the molecule is CSc1cccc(NC(=O)OC(C)(C)C)c1C. The highest BCUT2D eigenvalue weighted by Gasteiger charge is 2.17. The molecule has 0 spiro atoms. The molecule has 0 aromatic heterocycles. The van der Waals surface area contributed by atoms with Crippen molar-refractivity contribution in [3.8, 4) is 0 Å². The van der Waals surface area contributed by atoms with E-state index in [1.165, 1.54) is 0 Å². The fourth-order valence-corrected chi connectivity index (χ4v) is 2.02. The molecule has 0 bridgehead atoms. The van der Waals surface area contributed by atoms with Crippen molar-refractivity contribution in [3.63, 3.8) is 0 Å². The Morgan fingerprint density at radius 2 is 2.00 bits per heavy atom.